The molecule has 0 amide bonds. The van der Waals surface area contributed by atoms with E-state index in [9.17, 15) is 14.7 Å². The minimum atomic E-state index is -1.10. The van der Waals surface area contributed by atoms with Crippen molar-refractivity contribution in [2.75, 3.05) is 4.43 Å². The molecule has 7 unspecified atom stereocenters. The molecular weight excluding hydrogens is 503 g/mol. The van der Waals surface area contributed by atoms with Gasteiger partial charge in [0.15, 0.2) is 0 Å². The fraction of sp³-hybridized carbons (Fsp3) is 0.846. The van der Waals surface area contributed by atoms with E-state index in [2.05, 4.69) is 56.4 Å². The molecule has 172 valence electrons. The maximum absolute atomic E-state index is 13.6. The van der Waals surface area contributed by atoms with Crippen LogP contribution in [0.5, 0.6) is 0 Å². The van der Waals surface area contributed by atoms with Gasteiger partial charge in [0, 0.05) is 9.84 Å². The summed E-state index contributed by atoms with van der Waals surface area (Å²) in [4.78, 5) is 26.7. The van der Waals surface area contributed by atoms with E-state index in [1.807, 2.05) is 0 Å². The lowest BCUT2D eigenvalue weighted by atomic mass is 9.41. The highest BCUT2D eigenvalue weighted by Crippen LogP contribution is 2.84. The Balaban J connectivity index is 1.75. The average molecular weight is 540 g/mol. The average Bonchev–Trinajstić information content (AvgIpc) is 3.45. The number of aliphatic carboxylic acids is 1. The number of halogens is 1. The van der Waals surface area contributed by atoms with Gasteiger partial charge in [-0.25, -0.2) is 0 Å². The minimum absolute atomic E-state index is 0.0682. The van der Waals surface area contributed by atoms with E-state index < -0.39 is 22.2 Å². The SMILES string of the molecule is CCC1CC(C23C[C@@H]4[C@H](C)CC[C@H]4C4(C=O)CC2C=C(C(C)C)C34C(=O)O)OC1CI. The van der Waals surface area contributed by atoms with E-state index >= 15 is 0 Å². The summed E-state index contributed by atoms with van der Waals surface area (Å²) in [6, 6.07) is 0. The highest BCUT2D eigenvalue weighted by atomic mass is 127. The number of aldehydes is 1. The van der Waals surface area contributed by atoms with Crippen molar-refractivity contribution in [1.29, 1.82) is 0 Å². The van der Waals surface area contributed by atoms with Crippen molar-refractivity contribution in [2.24, 2.45) is 51.8 Å². The second-order valence-corrected chi connectivity index (χ2v) is 12.5. The first-order valence-electron chi connectivity index (χ1n) is 12.4. The van der Waals surface area contributed by atoms with E-state index in [0.29, 0.717) is 24.2 Å². The molecule has 10 atom stereocenters. The van der Waals surface area contributed by atoms with Crippen LogP contribution in [0.3, 0.4) is 0 Å². The summed E-state index contributed by atoms with van der Waals surface area (Å²) in [5, 5.41) is 11.1. The fourth-order valence-corrected chi connectivity index (χ4v) is 10.5. The zero-order valence-electron chi connectivity index (χ0n) is 19.3. The number of ether oxygens (including phenoxy) is 1. The lowest BCUT2D eigenvalue weighted by molar-refractivity contribution is -0.196. The molecule has 3 saturated carbocycles. The summed E-state index contributed by atoms with van der Waals surface area (Å²) in [6.07, 6.45) is 9.28. The Labute approximate surface area is 200 Å². The molecule has 4 nitrogen and oxygen atoms in total. The van der Waals surface area contributed by atoms with Crippen molar-refractivity contribution in [3.05, 3.63) is 11.6 Å². The lowest BCUT2D eigenvalue weighted by Gasteiger charge is -2.60. The summed E-state index contributed by atoms with van der Waals surface area (Å²) < 4.78 is 7.76. The van der Waals surface area contributed by atoms with Gasteiger partial charge in [-0.3, -0.25) is 4.79 Å². The zero-order valence-corrected chi connectivity index (χ0v) is 21.4. The second kappa shape index (κ2) is 7.28. The number of carboxylic acid groups (broad SMARTS) is 1. The number of alkyl halides is 1. The highest BCUT2D eigenvalue weighted by Gasteiger charge is 2.86. The van der Waals surface area contributed by atoms with Crippen LogP contribution in [0.4, 0.5) is 0 Å². The minimum Gasteiger partial charge on any atom is -0.481 e. The van der Waals surface area contributed by atoms with Gasteiger partial charge >= 0.3 is 5.97 Å². The Hall–Kier alpha value is -0.430. The van der Waals surface area contributed by atoms with Crippen LogP contribution >= 0.6 is 22.6 Å². The predicted octanol–water partition coefficient (Wildman–Crippen LogP) is 5.53. The maximum Gasteiger partial charge on any atom is 0.315 e. The van der Waals surface area contributed by atoms with Crippen LogP contribution in [-0.4, -0.2) is 34.0 Å². The molecule has 0 aromatic carbocycles. The monoisotopic (exact) mass is 540 g/mol. The van der Waals surface area contributed by atoms with Gasteiger partial charge in [0.25, 0.3) is 0 Å². The number of rotatable bonds is 6. The van der Waals surface area contributed by atoms with Gasteiger partial charge < -0.3 is 14.6 Å². The third-order valence-corrected chi connectivity index (χ3v) is 11.5. The maximum atomic E-state index is 13.6. The van der Waals surface area contributed by atoms with E-state index in [1.165, 1.54) is 0 Å². The van der Waals surface area contributed by atoms with Crippen molar-refractivity contribution in [3.8, 4) is 0 Å². The van der Waals surface area contributed by atoms with Gasteiger partial charge in [0.1, 0.15) is 11.7 Å². The van der Waals surface area contributed by atoms with Crippen LogP contribution in [0.15, 0.2) is 11.6 Å². The third-order valence-electron chi connectivity index (χ3n) is 10.6. The van der Waals surface area contributed by atoms with E-state index in [-0.39, 0.29) is 30.0 Å². The molecule has 1 aliphatic heterocycles. The number of carboxylic acids is 1. The van der Waals surface area contributed by atoms with Gasteiger partial charge in [-0.15, -0.1) is 0 Å². The number of carbonyl (C=O) groups is 2. The largest absolute Gasteiger partial charge is 0.481 e. The molecule has 1 saturated heterocycles. The number of carbonyl (C=O) groups excluding carboxylic acids is 1. The fourth-order valence-electron chi connectivity index (χ4n) is 9.58. The molecule has 4 aliphatic carbocycles. The zero-order chi connectivity index (χ0) is 22.3. The molecule has 4 bridgehead atoms. The standard InChI is InChI=1S/C26H37IO4/c1-5-16-8-22(31-21(16)12-27)25-11-18-15(4)6-7-19(18)24(13-28)10-17(25)9-20(14(2)3)26(24,25)23(29)30/h9,13-19,21-22H,5-8,10-12H2,1-4H3,(H,29,30)/t15-,16?,17?,18-,19-,21?,22?,24?,25?,26?/m1/s1. The first-order valence-corrected chi connectivity index (χ1v) is 13.9. The molecule has 0 spiro atoms. The summed E-state index contributed by atoms with van der Waals surface area (Å²) in [6.45, 7) is 8.79. The first-order chi connectivity index (χ1) is 14.7. The Morgan fingerprint density at radius 3 is 2.65 bits per heavy atom. The van der Waals surface area contributed by atoms with Crippen molar-refractivity contribution in [3.63, 3.8) is 0 Å². The van der Waals surface area contributed by atoms with Crippen LogP contribution in [0.25, 0.3) is 0 Å². The second-order valence-electron chi connectivity index (χ2n) is 11.6. The van der Waals surface area contributed by atoms with E-state index in [4.69, 9.17) is 4.74 Å². The first kappa shape index (κ1) is 22.4. The van der Waals surface area contributed by atoms with Crippen molar-refractivity contribution in [1.82, 2.24) is 0 Å². The number of hydrogen-bond donors (Lipinski definition) is 1. The van der Waals surface area contributed by atoms with Gasteiger partial charge in [-0.2, -0.15) is 0 Å². The quantitative estimate of drug-likeness (QED) is 0.208. The molecule has 0 radical (unpaired) electrons. The molecule has 5 heteroatoms. The van der Waals surface area contributed by atoms with Gasteiger partial charge in [-0.1, -0.05) is 74.8 Å². The summed E-state index contributed by atoms with van der Waals surface area (Å²) >= 11 is 2.42. The third kappa shape index (κ3) is 2.36. The summed E-state index contributed by atoms with van der Waals surface area (Å²) in [5.74, 6) is 1.17. The van der Waals surface area contributed by atoms with Crippen LogP contribution in [-0.2, 0) is 14.3 Å². The highest BCUT2D eigenvalue weighted by molar-refractivity contribution is 14.1. The summed E-state index contributed by atoms with van der Waals surface area (Å²) in [5.41, 5.74) is -1.34. The Kier molecular flexibility index (Phi) is 5.25. The smallest absolute Gasteiger partial charge is 0.315 e. The topological polar surface area (TPSA) is 63.6 Å². The predicted molar refractivity (Wildman–Crippen MR) is 128 cm³/mol. The van der Waals surface area contributed by atoms with Crippen molar-refractivity contribution < 1.29 is 19.4 Å². The van der Waals surface area contributed by atoms with Crippen LogP contribution in [0, 0.1) is 51.8 Å². The molecule has 1 N–H and O–H groups in total. The van der Waals surface area contributed by atoms with Gasteiger partial charge in [-0.05, 0) is 61.2 Å². The molecule has 31 heavy (non-hydrogen) atoms. The molecule has 5 aliphatic rings. The Morgan fingerprint density at radius 1 is 1.35 bits per heavy atom. The van der Waals surface area contributed by atoms with Crippen molar-refractivity contribution in [2.45, 2.75) is 78.4 Å². The molecule has 5 rings (SSSR count). The Bertz CT molecular complexity index is 810. The normalized spacial score (nSPS) is 52.5. The molecule has 4 fully saturated rings. The van der Waals surface area contributed by atoms with Crippen LogP contribution < -0.4 is 0 Å². The van der Waals surface area contributed by atoms with Crippen LogP contribution in [0.2, 0.25) is 0 Å². The number of hydrogen-bond acceptors (Lipinski definition) is 3. The van der Waals surface area contributed by atoms with Gasteiger partial charge in [0.05, 0.1) is 17.6 Å². The lowest BCUT2D eigenvalue weighted by Crippen LogP contribution is -2.65. The molecular formula is C26H37IO4. The van der Waals surface area contributed by atoms with Gasteiger partial charge in [0.2, 0.25) is 0 Å². The van der Waals surface area contributed by atoms with E-state index in [0.717, 1.165) is 48.4 Å². The summed E-state index contributed by atoms with van der Waals surface area (Å²) in [7, 11) is 0. The Morgan fingerprint density at radius 2 is 2.10 bits per heavy atom. The number of allylic oxidation sites excluding steroid dienone is 1. The molecule has 0 aromatic rings. The van der Waals surface area contributed by atoms with Crippen molar-refractivity contribution >= 4 is 34.8 Å². The molecule has 0 aromatic heterocycles. The molecule has 1 heterocycles. The van der Waals surface area contributed by atoms with Crippen LogP contribution in [0.1, 0.15) is 66.2 Å². The number of fused-ring (bicyclic) bond motifs is 2. The van der Waals surface area contributed by atoms with E-state index in [1.54, 1.807) is 0 Å².